The van der Waals surface area contributed by atoms with Gasteiger partial charge in [-0.25, -0.2) is 18.7 Å². The summed E-state index contributed by atoms with van der Waals surface area (Å²) in [5, 5.41) is 10.2. The maximum Gasteiger partial charge on any atom is 0.257 e. The second-order valence-electron chi connectivity index (χ2n) is 7.27. The first-order valence-corrected chi connectivity index (χ1v) is 9.94. The maximum atomic E-state index is 13.2. The minimum absolute atomic E-state index is 0.0964. The molecular formula is C21H22F2N6O2. The highest BCUT2D eigenvalue weighted by Gasteiger charge is 2.29. The Bertz CT molecular complexity index is 1060. The van der Waals surface area contributed by atoms with E-state index in [2.05, 4.69) is 25.5 Å². The molecule has 2 N–H and O–H groups in total. The number of H-pyrrole nitrogens is 1. The van der Waals surface area contributed by atoms with Crippen molar-refractivity contribution in [1.82, 2.24) is 25.1 Å². The average molecular weight is 428 g/mol. The number of rotatable bonds is 7. The standard InChI is InChI=1S/C21H22F2N6O2/c1-24-21-25-10-14(11-26-21)20(30)29-6-4-13(12-29)19-8-15(27-28-19)5-7-31-16-2-3-17(22)18(23)9-16/h2-3,8-11,13H,4-7,12H2,1H3,(H,27,28)(H,24,25,26)/t13-/m1/s1. The van der Waals surface area contributed by atoms with E-state index in [0.717, 1.165) is 29.9 Å². The van der Waals surface area contributed by atoms with E-state index in [1.54, 1.807) is 11.9 Å². The highest BCUT2D eigenvalue weighted by atomic mass is 19.2. The van der Waals surface area contributed by atoms with Gasteiger partial charge in [-0.3, -0.25) is 9.89 Å². The molecule has 8 nitrogen and oxygen atoms in total. The summed E-state index contributed by atoms with van der Waals surface area (Å²) in [5.74, 6) is -1.06. The van der Waals surface area contributed by atoms with E-state index in [9.17, 15) is 13.6 Å². The number of aromatic nitrogens is 4. The Labute approximate surface area is 177 Å². The van der Waals surface area contributed by atoms with Gasteiger partial charge >= 0.3 is 0 Å². The van der Waals surface area contributed by atoms with Crippen molar-refractivity contribution < 1.29 is 18.3 Å². The third kappa shape index (κ3) is 4.79. The predicted octanol–water partition coefficient (Wildman–Crippen LogP) is 2.77. The molecule has 2 aromatic heterocycles. The molecule has 1 aliphatic heterocycles. The zero-order valence-electron chi connectivity index (χ0n) is 16.9. The van der Waals surface area contributed by atoms with Gasteiger partial charge in [-0.15, -0.1) is 0 Å². The summed E-state index contributed by atoms with van der Waals surface area (Å²) in [4.78, 5) is 22.6. The number of nitrogens with one attached hydrogen (secondary N) is 2. The van der Waals surface area contributed by atoms with E-state index in [1.165, 1.54) is 18.5 Å². The fourth-order valence-electron chi connectivity index (χ4n) is 3.50. The van der Waals surface area contributed by atoms with Crippen LogP contribution in [0.3, 0.4) is 0 Å². The Morgan fingerprint density at radius 1 is 1.26 bits per heavy atom. The first-order chi connectivity index (χ1) is 15.0. The zero-order chi connectivity index (χ0) is 21.8. The second kappa shape index (κ2) is 9.07. The van der Waals surface area contributed by atoms with E-state index in [0.29, 0.717) is 37.6 Å². The van der Waals surface area contributed by atoms with Gasteiger partial charge in [-0.1, -0.05) is 0 Å². The number of carbonyl (C=O) groups excluding carboxylic acids is 1. The van der Waals surface area contributed by atoms with Crippen LogP contribution < -0.4 is 10.1 Å². The lowest BCUT2D eigenvalue weighted by atomic mass is 10.0. The second-order valence-corrected chi connectivity index (χ2v) is 7.27. The van der Waals surface area contributed by atoms with Gasteiger partial charge in [0.1, 0.15) is 5.75 Å². The van der Waals surface area contributed by atoms with Crippen LogP contribution in [0, 0.1) is 11.6 Å². The van der Waals surface area contributed by atoms with Crippen molar-refractivity contribution in [2.45, 2.75) is 18.8 Å². The number of hydrogen-bond acceptors (Lipinski definition) is 6. The van der Waals surface area contributed by atoms with Gasteiger partial charge < -0.3 is 15.0 Å². The van der Waals surface area contributed by atoms with Crippen molar-refractivity contribution in [3.63, 3.8) is 0 Å². The molecule has 1 aliphatic rings. The van der Waals surface area contributed by atoms with Crippen LogP contribution in [-0.4, -0.2) is 57.7 Å². The molecular weight excluding hydrogens is 406 g/mol. The van der Waals surface area contributed by atoms with Crippen LogP contribution in [0.15, 0.2) is 36.7 Å². The number of aromatic amines is 1. The SMILES string of the molecule is CNc1ncc(C(=O)N2CC[C@@H](c3cc(CCOc4ccc(F)c(F)c4)[nH]n3)C2)cn1. The molecule has 4 rings (SSSR count). The molecule has 1 fully saturated rings. The van der Waals surface area contributed by atoms with Crippen LogP contribution >= 0.6 is 0 Å². The van der Waals surface area contributed by atoms with E-state index < -0.39 is 11.6 Å². The summed E-state index contributed by atoms with van der Waals surface area (Å²) in [5.41, 5.74) is 2.22. The first-order valence-electron chi connectivity index (χ1n) is 9.94. The molecule has 0 unspecified atom stereocenters. The fraction of sp³-hybridized carbons (Fsp3) is 0.333. The molecule has 1 aromatic carbocycles. The molecule has 1 atom stereocenters. The van der Waals surface area contributed by atoms with E-state index >= 15 is 0 Å². The highest BCUT2D eigenvalue weighted by molar-refractivity contribution is 5.94. The molecule has 31 heavy (non-hydrogen) atoms. The van der Waals surface area contributed by atoms with Crippen LogP contribution in [0.2, 0.25) is 0 Å². The summed E-state index contributed by atoms with van der Waals surface area (Å²) in [7, 11) is 1.72. The number of amides is 1. The van der Waals surface area contributed by atoms with Gasteiger partial charge in [0.15, 0.2) is 11.6 Å². The summed E-state index contributed by atoms with van der Waals surface area (Å²) in [6.45, 7) is 1.51. The molecule has 10 heteroatoms. The molecule has 0 spiro atoms. The van der Waals surface area contributed by atoms with Gasteiger partial charge in [0.05, 0.1) is 17.9 Å². The van der Waals surface area contributed by atoms with Crippen molar-refractivity contribution in [2.75, 3.05) is 32.1 Å². The Morgan fingerprint density at radius 3 is 2.81 bits per heavy atom. The lowest BCUT2D eigenvalue weighted by Crippen LogP contribution is -2.28. The molecule has 3 aromatic rings. The van der Waals surface area contributed by atoms with Gasteiger partial charge in [0, 0.05) is 56.6 Å². The Kier molecular flexibility index (Phi) is 6.06. The van der Waals surface area contributed by atoms with Crippen LogP contribution in [0.5, 0.6) is 5.75 Å². The number of nitrogens with zero attached hydrogens (tertiary/aromatic N) is 4. The first kappa shape index (κ1) is 20.7. The molecule has 0 radical (unpaired) electrons. The Morgan fingerprint density at radius 2 is 2.06 bits per heavy atom. The van der Waals surface area contributed by atoms with Crippen molar-refractivity contribution in [2.24, 2.45) is 0 Å². The molecule has 3 heterocycles. The van der Waals surface area contributed by atoms with Gasteiger partial charge in [0.2, 0.25) is 5.95 Å². The number of hydrogen-bond donors (Lipinski definition) is 2. The number of halogens is 2. The Balaban J connectivity index is 1.29. The van der Waals surface area contributed by atoms with Crippen LogP contribution in [0.25, 0.3) is 0 Å². The molecule has 1 saturated heterocycles. The third-order valence-electron chi connectivity index (χ3n) is 5.20. The van der Waals surface area contributed by atoms with Crippen molar-refractivity contribution in [3.8, 4) is 5.75 Å². The quantitative estimate of drug-likeness (QED) is 0.601. The van der Waals surface area contributed by atoms with Crippen molar-refractivity contribution in [3.05, 3.63) is 65.2 Å². The van der Waals surface area contributed by atoms with Crippen molar-refractivity contribution in [1.29, 1.82) is 0 Å². The van der Waals surface area contributed by atoms with E-state index in [-0.39, 0.29) is 17.6 Å². The lowest BCUT2D eigenvalue weighted by molar-refractivity contribution is 0.0790. The van der Waals surface area contributed by atoms with Crippen LogP contribution in [-0.2, 0) is 6.42 Å². The highest BCUT2D eigenvalue weighted by Crippen LogP contribution is 2.27. The molecule has 162 valence electrons. The van der Waals surface area contributed by atoms with E-state index in [4.69, 9.17) is 4.74 Å². The summed E-state index contributed by atoms with van der Waals surface area (Å²) < 4.78 is 31.7. The number of benzene rings is 1. The zero-order valence-corrected chi connectivity index (χ0v) is 16.9. The number of ether oxygens (including phenoxy) is 1. The fourth-order valence-corrected chi connectivity index (χ4v) is 3.50. The van der Waals surface area contributed by atoms with Crippen LogP contribution in [0.4, 0.5) is 14.7 Å². The monoisotopic (exact) mass is 428 g/mol. The lowest BCUT2D eigenvalue weighted by Gasteiger charge is -2.15. The summed E-state index contributed by atoms with van der Waals surface area (Å²) in [6, 6.07) is 5.40. The summed E-state index contributed by atoms with van der Waals surface area (Å²) in [6.07, 6.45) is 4.40. The molecule has 0 bridgehead atoms. The van der Waals surface area contributed by atoms with Gasteiger partial charge in [0.25, 0.3) is 5.91 Å². The molecule has 0 aliphatic carbocycles. The largest absolute Gasteiger partial charge is 0.493 e. The Hall–Kier alpha value is -3.56. The number of anilines is 1. The maximum absolute atomic E-state index is 13.2. The van der Waals surface area contributed by atoms with Crippen molar-refractivity contribution >= 4 is 11.9 Å². The normalized spacial score (nSPS) is 15.8. The molecule has 0 saturated carbocycles. The predicted molar refractivity (Wildman–Crippen MR) is 109 cm³/mol. The van der Waals surface area contributed by atoms with Gasteiger partial charge in [-0.2, -0.15) is 5.10 Å². The van der Waals surface area contributed by atoms with Crippen LogP contribution in [0.1, 0.15) is 34.1 Å². The number of carbonyl (C=O) groups is 1. The number of likely N-dealkylation sites (tertiary alicyclic amines) is 1. The third-order valence-corrected chi connectivity index (χ3v) is 5.20. The molecule has 1 amide bonds. The van der Waals surface area contributed by atoms with E-state index in [1.807, 2.05) is 6.07 Å². The van der Waals surface area contributed by atoms with Gasteiger partial charge in [-0.05, 0) is 24.6 Å². The summed E-state index contributed by atoms with van der Waals surface area (Å²) >= 11 is 0. The smallest absolute Gasteiger partial charge is 0.257 e. The average Bonchev–Trinajstić information content (AvgIpc) is 3.45. The topological polar surface area (TPSA) is 96.0 Å². The minimum Gasteiger partial charge on any atom is -0.493 e. The minimum atomic E-state index is -0.939.